The second-order valence-corrected chi connectivity index (χ2v) is 23.1. The summed E-state index contributed by atoms with van der Waals surface area (Å²) in [6.45, 7) is 26.1. The SMILES string of the molecule is CC(C)(C)OC(=O)N1CCN(C(=O)[C@]23CC[C@@H](C4(C)CC4)C2[C@H]2CCC4[C@@]5(C)CC[C@H](OC(=O)CC(C)(C)C(=O)O)C(C)(C)C5CC[C@@]4(C)[C@]2(C)CC3)CC1. The number of piperazine rings is 1. The second-order valence-electron chi connectivity index (χ2n) is 23.1. The van der Waals surface area contributed by atoms with Crippen LogP contribution in [0.3, 0.4) is 0 Å². The molecular formula is C46H74N2O7. The lowest BCUT2D eigenvalue weighted by Gasteiger charge is -2.73. The fourth-order valence-corrected chi connectivity index (χ4v) is 14.9. The number of ether oxygens (including phenoxy) is 2. The molecule has 1 heterocycles. The molecule has 310 valence electrons. The Morgan fingerprint density at radius 1 is 0.673 bits per heavy atom. The van der Waals surface area contributed by atoms with Crippen LogP contribution in [0.15, 0.2) is 0 Å². The maximum atomic E-state index is 15.1. The fraction of sp³-hybridized carbons (Fsp3) is 0.913. The number of nitrogens with zero attached hydrogens (tertiary/aromatic N) is 2. The third-order valence-corrected chi connectivity index (χ3v) is 18.4. The summed E-state index contributed by atoms with van der Waals surface area (Å²) < 4.78 is 11.9. The number of carboxylic acid groups (broad SMARTS) is 1. The first-order valence-corrected chi connectivity index (χ1v) is 22.0. The van der Waals surface area contributed by atoms with Crippen molar-refractivity contribution >= 4 is 23.9 Å². The van der Waals surface area contributed by atoms with Crippen LogP contribution in [0.1, 0.15) is 160 Å². The molecule has 0 bridgehead atoms. The van der Waals surface area contributed by atoms with Crippen LogP contribution in [-0.2, 0) is 23.9 Å². The molecular weight excluding hydrogens is 693 g/mol. The summed E-state index contributed by atoms with van der Waals surface area (Å²) in [6.07, 6.45) is 12.6. The molecule has 0 aromatic rings. The Morgan fingerprint density at radius 2 is 1.31 bits per heavy atom. The van der Waals surface area contributed by atoms with Gasteiger partial charge in [0.1, 0.15) is 11.7 Å². The van der Waals surface area contributed by atoms with Crippen molar-refractivity contribution in [1.82, 2.24) is 9.80 Å². The molecule has 1 saturated heterocycles. The van der Waals surface area contributed by atoms with Gasteiger partial charge < -0.3 is 24.4 Å². The van der Waals surface area contributed by atoms with Gasteiger partial charge in [-0.1, -0.05) is 41.5 Å². The first-order chi connectivity index (χ1) is 25.3. The minimum Gasteiger partial charge on any atom is -0.481 e. The van der Waals surface area contributed by atoms with Crippen molar-refractivity contribution in [3.63, 3.8) is 0 Å². The average molecular weight is 767 g/mol. The van der Waals surface area contributed by atoms with Gasteiger partial charge in [0.25, 0.3) is 0 Å². The molecule has 1 aliphatic heterocycles. The van der Waals surface area contributed by atoms with Crippen LogP contribution in [0.2, 0.25) is 0 Å². The van der Waals surface area contributed by atoms with E-state index >= 15 is 4.79 Å². The molecule has 6 saturated carbocycles. The van der Waals surface area contributed by atoms with E-state index in [1.165, 1.54) is 25.7 Å². The van der Waals surface area contributed by atoms with Crippen molar-refractivity contribution in [2.45, 2.75) is 171 Å². The van der Waals surface area contributed by atoms with Crippen molar-refractivity contribution in [2.24, 2.45) is 67.5 Å². The van der Waals surface area contributed by atoms with Crippen molar-refractivity contribution < 1.29 is 33.8 Å². The Balaban J connectivity index is 1.12. The summed E-state index contributed by atoms with van der Waals surface area (Å²) >= 11 is 0. The summed E-state index contributed by atoms with van der Waals surface area (Å²) in [5.74, 6) is 1.47. The van der Waals surface area contributed by atoms with Gasteiger partial charge in [-0.3, -0.25) is 14.4 Å². The Morgan fingerprint density at radius 3 is 1.91 bits per heavy atom. The Bertz CT molecular complexity index is 1570. The van der Waals surface area contributed by atoms with E-state index in [0.717, 1.165) is 51.4 Å². The Kier molecular flexibility index (Phi) is 9.73. The zero-order valence-electron chi connectivity index (χ0n) is 36.3. The summed E-state index contributed by atoms with van der Waals surface area (Å²) in [6, 6.07) is 0. The highest BCUT2D eigenvalue weighted by molar-refractivity contribution is 5.84. The number of fused-ring (bicyclic) bond motifs is 7. The topological polar surface area (TPSA) is 113 Å². The number of carbonyl (C=O) groups excluding carboxylic acids is 3. The van der Waals surface area contributed by atoms with Crippen LogP contribution in [0, 0.1) is 67.5 Å². The van der Waals surface area contributed by atoms with Gasteiger partial charge in [-0.25, -0.2) is 4.79 Å². The summed E-state index contributed by atoms with van der Waals surface area (Å²) in [4.78, 5) is 56.9. The Hall–Kier alpha value is -2.32. The third-order valence-electron chi connectivity index (χ3n) is 18.4. The molecule has 7 aliphatic rings. The standard InChI is InChI=1S/C46H74N2O7/c1-39(2,3)55-38(53)48-26-24-47(25-27-48)36(50)46-19-14-29(42(8)20-21-42)35(46)30-12-13-32-43(9)17-16-33(54-34(49)28-40(4,5)37(51)52)41(6,7)31(43)15-18-45(32,11)44(30,10)22-23-46/h29-33,35H,12-28H2,1-11H3,(H,51,52)/t29-,30-,31?,32?,33+,35?,43+,44-,45-,46+/m1/s1. The number of carboxylic acids is 1. The molecule has 55 heavy (non-hydrogen) atoms. The van der Waals surface area contributed by atoms with Gasteiger partial charge in [0.05, 0.1) is 17.3 Å². The minimum atomic E-state index is -1.15. The molecule has 2 amide bonds. The maximum absolute atomic E-state index is 15.1. The predicted octanol–water partition coefficient (Wildman–Crippen LogP) is 9.36. The van der Waals surface area contributed by atoms with Crippen LogP contribution in [-0.4, -0.2) is 76.7 Å². The van der Waals surface area contributed by atoms with E-state index in [1.54, 1.807) is 18.7 Å². The zero-order valence-corrected chi connectivity index (χ0v) is 36.3. The van der Waals surface area contributed by atoms with Crippen LogP contribution in [0.5, 0.6) is 0 Å². The first-order valence-electron chi connectivity index (χ1n) is 22.0. The minimum absolute atomic E-state index is 0.115. The third kappa shape index (κ3) is 6.35. The molecule has 10 atom stereocenters. The van der Waals surface area contributed by atoms with Gasteiger partial charge >= 0.3 is 18.0 Å². The number of hydrogen-bond acceptors (Lipinski definition) is 6. The first kappa shape index (κ1) is 40.9. The van der Waals surface area contributed by atoms with Crippen LogP contribution in [0.4, 0.5) is 4.79 Å². The average Bonchev–Trinajstić information content (AvgIpc) is 3.70. The van der Waals surface area contributed by atoms with Gasteiger partial charge in [0.15, 0.2) is 0 Å². The number of aliphatic carboxylic acids is 1. The smallest absolute Gasteiger partial charge is 0.410 e. The quantitative estimate of drug-likeness (QED) is 0.268. The highest BCUT2D eigenvalue weighted by atomic mass is 16.6. The van der Waals surface area contributed by atoms with Crippen molar-refractivity contribution in [3.05, 3.63) is 0 Å². The van der Waals surface area contributed by atoms with Gasteiger partial charge in [0, 0.05) is 31.6 Å². The normalized spacial score (nSPS) is 41.9. The molecule has 1 N–H and O–H groups in total. The van der Waals surface area contributed by atoms with E-state index < -0.39 is 23.0 Å². The number of rotatable bonds is 6. The highest BCUT2D eigenvalue weighted by Crippen LogP contribution is 2.79. The summed E-state index contributed by atoms with van der Waals surface area (Å²) in [7, 11) is 0. The molecule has 0 aromatic heterocycles. The fourth-order valence-electron chi connectivity index (χ4n) is 14.9. The molecule has 9 heteroatoms. The van der Waals surface area contributed by atoms with Crippen molar-refractivity contribution in [3.8, 4) is 0 Å². The molecule has 7 rings (SSSR count). The van der Waals surface area contributed by atoms with Crippen LogP contribution in [0.25, 0.3) is 0 Å². The van der Waals surface area contributed by atoms with E-state index in [0.29, 0.717) is 67.1 Å². The largest absolute Gasteiger partial charge is 0.481 e. The molecule has 0 aromatic carbocycles. The van der Waals surface area contributed by atoms with Crippen molar-refractivity contribution in [1.29, 1.82) is 0 Å². The van der Waals surface area contributed by atoms with Crippen molar-refractivity contribution in [2.75, 3.05) is 26.2 Å². The number of esters is 1. The van der Waals surface area contributed by atoms with Gasteiger partial charge in [-0.05, 0) is 163 Å². The molecule has 0 radical (unpaired) electrons. The molecule has 9 nitrogen and oxygen atoms in total. The lowest BCUT2D eigenvalue weighted by Crippen LogP contribution is -2.68. The van der Waals surface area contributed by atoms with E-state index in [-0.39, 0.29) is 45.7 Å². The monoisotopic (exact) mass is 767 g/mol. The number of hydrogen-bond donors (Lipinski definition) is 1. The molecule has 7 fully saturated rings. The maximum Gasteiger partial charge on any atom is 0.410 e. The molecule has 6 aliphatic carbocycles. The predicted molar refractivity (Wildman–Crippen MR) is 212 cm³/mol. The highest BCUT2D eigenvalue weighted by Gasteiger charge is 2.74. The second kappa shape index (κ2) is 13.1. The van der Waals surface area contributed by atoms with E-state index in [9.17, 15) is 19.5 Å². The van der Waals surface area contributed by atoms with E-state index in [4.69, 9.17) is 9.47 Å². The zero-order chi connectivity index (χ0) is 40.4. The van der Waals surface area contributed by atoms with Gasteiger partial charge in [-0.15, -0.1) is 0 Å². The number of amides is 2. The van der Waals surface area contributed by atoms with Gasteiger partial charge in [0.2, 0.25) is 5.91 Å². The van der Waals surface area contributed by atoms with Crippen LogP contribution >= 0.6 is 0 Å². The molecule has 3 unspecified atom stereocenters. The number of carbonyl (C=O) groups is 4. The lowest BCUT2D eigenvalue weighted by molar-refractivity contribution is -0.251. The van der Waals surface area contributed by atoms with E-state index in [2.05, 4.69) is 46.4 Å². The van der Waals surface area contributed by atoms with E-state index in [1.807, 2.05) is 20.8 Å². The summed E-state index contributed by atoms with van der Waals surface area (Å²) in [5, 5.41) is 9.64. The van der Waals surface area contributed by atoms with Gasteiger partial charge in [-0.2, -0.15) is 0 Å². The Labute approximate surface area is 331 Å². The van der Waals surface area contributed by atoms with Crippen LogP contribution < -0.4 is 0 Å². The lowest BCUT2D eigenvalue weighted by atomic mass is 9.32. The summed E-state index contributed by atoms with van der Waals surface area (Å²) in [5.41, 5.74) is -1.47. The molecule has 0 spiro atoms.